The molecule has 0 bridgehead atoms. The molecule has 1 aromatic carbocycles. The Morgan fingerprint density at radius 3 is 2.38 bits per heavy atom. The summed E-state index contributed by atoms with van der Waals surface area (Å²) in [4.78, 5) is 15.1. The van der Waals surface area contributed by atoms with Crippen molar-refractivity contribution >= 4 is 17.7 Å². The molecule has 2 aliphatic heterocycles. The van der Waals surface area contributed by atoms with Crippen molar-refractivity contribution in [2.75, 3.05) is 32.9 Å². The van der Waals surface area contributed by atoms with Crippen LogP contribution in [0, 0.1) is 17.5 Å². The number of ether oxygens (including phenoxy) is 2. The fraction of sp³-hybridized carbons (Fsp3) is 0.640. The average Bonchev–Trinajstić information content (AvgIpc) is 3.42. The van der Waals surface area contributed by atoms with E-state index in [1.54, 1.807) is 18.7 Å². The maximum absolute atomic E-state index is 13.8. The molecule has 0 spiro atoms. The average molecular weight is 591 g/mol. The Hall–Kier alpha value is -2.27. The molecular formula is C25H33F3N4O7S. The van der Waals surface area contributed by atoms with E-state index in [1.165, 1.54) is 6.20 Å². The molecular weight excluding hydrogens is 557 g/mol. The SMILES string of the molecule is CCN(CC)C(=O)[C@@H](S[C@@H]1O[C@H](CO)[C@H](O)[C@H](n2cc(-c3cc(F)c(F)c(F)c3)nn2)[C@H]1O)C1(O)CCOCC1. The van der Waals surface area contributed by atoms with E-state index in [0.29, 0.717) is 13.1 Å². The molecule has 1 aromatic heterocycles. The fourth-order valence-corrected chi connectivity index (χ4v) is 6.54. The number of amides is 1. The lowest BCUT2D eigenvalue weighted by molar-refractivity contribution is -0.179. The van der Waals surface area contributed by atoms with Crippen LogP contribution in [0.25, 0.3) is 11.3 Å². The van der Waals surface area contributed by atoms with Crippen LogP contribution in [0.3, 0.4) is 0 Å². The zero-order valence-electron chi connectivity index (χ0n) is 22.0. The second-order valence-corrected chi connectivity index (χ2v) is 11.0. The van der Waals surface area contributed by atoms with E-state index in [0.717, 1.165) is 28.6 Å². The first-order chi connectivity index (χ1) is 19.0. The van der Waals surface area contributed by atoms with Crippen molar-refractivity contribution in [3.05, 3.63) is 35.8 Å². The van der Waals surface area contributed by atoms with Gasteiger partial charge in [0, 0.05) is 44.7 Å². The van der Waals surface area contributed by atoms with Gasteiger partial charge in [0.15, 0.2) is 17.5 Å². The second kappa shape index (κ2) is 12.7. The van der Waals surface area contributed by atoms with Gasteiger partial charge in [-0.3, -0.25) is 4.79 Å². The molecule has 3 heterocycles. The molecule has 4 rings (SSSR count). The monoisotopic (exact) mass is 590 g/mol. The molecule has 15 heteroatoms. The number of benzene rings is 1. The van der Waals surface area contributed by atoms with Gasteiger partial charge in [0.25, 0.3) is 0 Å². The molecule has 2 fully saturated rings. The number of carbonyl (C=O) groups excluding carboxylic acids is 1. The van der Waals surface area contributed by atoms with E-state index in [4.69, 9.17) is 9.47 Å². The van der Waals surface area contributed by atoms with Crippen LogP contribution in [0.1, 0.15) is 32.7 Å². The molecule has 2 aromatic rings. The van der Waals surface area contributed by atoms with Crippen LogP contribution in [0.15, 0.2) is 18.3 Å². The number of hydrogen-bond acceptors (Lipinski definition) is 10. The first-order valence-corrected chi connectivity index (χ1v) is 13.9. The largest absolute Gasteiger partial charge is 0.394 e. The lowest BCUT2D eigenvalue weighted by Crippen LogP contribution is -2.58. The molecule has 2 saturated heterocycles. The van der Waals surface area contributed by atoms with Crippen LogP contribution >= 0.6 is 11.8 Å². The standard InChI is InChI=1S/C25H33F3N4O7S/c1-3-31(4-2)23(36)22(25(37)5-7-38-8-6-25)40-24-21(35)19(20(34)17(12-33)39-24)32-11-16(29-30-32)13-9-14(26)18(28)15(27)10-13/h9-11,17,19-22,24,33-35,37H,3-8,12H2,1-2H3/t17-,19+,20+,21-,22-,24+/m1/s1. The number of aliphatic hydroxyl groups excluding tert-OH is 3. The molecule has 0 unspecified atom stereocenters. The summed E-state index contributed by atoms with van der Waals surface area (Å²) < 4.78 is 53.2. The minimum Gasteiger partial charge on any atom is -0.394 e. The molecule has 0 radical (unpaired) electrons. The summed E-state index contributed by atoms with van der Waals surface area (Å²) in [7, 11) is 0. The summed E-state index contributed by atoms with van der Waals surface area (Å²) >= 11 is 0.881. The Morgan fingerprint density at radius 1 is 1.18 bits per heavy atom. The van der Waals surface area contributed by atoms with Crippen LogP contribution < -0.4 is 0 Å². The van der Waals surface area contributed by atoms with E-state index in [1.807, 2.05) is 0 Å². The van der Waals surface area contributed by atoms with E-state index in [9.17, 15) is 38.4 Å². The van der Waals surface area contributed by atoms with Gasteiger partial charge in [0.1, 0.15) is 40.7 Å². The highest BCUT2D eigenvalue weighted by Gasteiger charge is 2.51. The van der Waals surface area contributed by atoms with Crippen LogP contribution in [0.2, 0.25) is 0 Å². The van der Waals surface area contributed by atoms with Crippen molar-refractivity contribution in [1.29, 1.82) is 0 Å². The van der Waals surface area contributed by atoms with Gasteiger partial charge in [0.2, 0.25) is 5.91 Å². The summed E-state index contributed by atoms with van der Waals surface area (Å²) in [5.41, 5.74) is -2.88. The molecule has 1 amide bonds. The smallest absolute Gasteiger partial charge is 0.238 e. The maximum atomic E-state index is 13.8. The first-order valence-electron chi connectivity index (χ1n) is 13.0. The third kappa shape index (κ3) is 6.00. The van der Waals surface area contributed by atoms with Gasteiger partial charge in [0.05, 0.1) is 18.4 Å². The number of rotatable bonds is 9. The number of thioether (sulfide) groups is 1. The molecule has 4 N–H and O–H groups in total. The van der Waals surface area contributed by atoms with Gasteiger partial charge in [-0.1, -0.05) is 5.21 Å². The molecule has 11 nitrogen and oxygen atoms in total. The first kappa shape index (κ1) is 30.7. The molecule has 2 aliphatic rings. The van der Waals surface area contributed by atoms with Crippen molar-refractivity contribution in [2.24, 2.45) is 0 Å². The number of aromatic nitrogens is 3. The highest BCUT2D eigenvalue weighted by atomic mass is 32.2. The quantitative estimate of drug-likeness (QED) is 0.310. The van der Waals surface area contributed by atoms with Gasteiger partial charge >= 0.3 is 0 Å². The predicted octanol–water partition coefficient (Wildman–Crippen LogP) is 0.854. The Kier molecular flexibility index (Phi) is 9.75. The molecule has 0 aliphatic carbocycles. The number of halogens is 3. The summed E-state index contributed by atoms with van der Waals surface area (Å²) in [5, 5.41) is 50.4. The van der Waals surface area contributed by atoms with E-state index in [-0.39, 0.29) is 43.2 Å². The highest BCUT2D eigenvalue weighted by molar-refractivity contribution is 8.01. The number of nitrogens with zero attached hydrogens (tertiary/aromatic N) is 4. The second-order valence-electron chi connectivity index (χ2n) is 9.78. The minimum absolute atomic E-state index is 0.0699. The van der Waals surface area contributed by atoms with Gasteiger partial charge in [-0.2, -0.15) is 0 Å². The van der Waals surface area contributed by atoms with Gasteiger partial charge < -0.3 is 34.8 Å². The Morgan fingerprint density at radius 2 is 1.80 bits per heavy atom. The van der Waals surface area contributed by atoms with Crippen LogP contribution in [-0.4, -0.2) is 114 Å². The van der Waals surface area contributed by atoms with Gasteiger partial charge in [-0.15, -0.1) is 16.9 Å². The van der Waals surface area contributed by atoms with Crippen LogP contribution in [0.5, 0.6) is 0 Å². The van der Waals surface area contributed by atoms with Crippen molar-refractivity contribution in [2.45, 2.75) is 67.3 Å². The summed E-state index contributed by atoms with van der Waals surface area (Å²) in [6, 6.07) is 0.196. The van der Waals surface area contributed by atoms with Crippen molar-refractivity contribution < 1.29 is 47.9 Å². The molecule has 6 atom stereocenters. The molecule has 40 heavy (non-hydrogen) atoms. The van der Waals surface area contributed by atoms with Crippen LogP contribution in [0.4, 0.5) is 13.2 Å². The highest BCUT2D eigenvalue weighted by Crippen LogP contribution is 2.42. The predicted molar refractivity (Wildman–Crippen MR) is 136 cm³/mol. The lowest BCUT2D eigenvalue weighted by atomic mass is 9.89. The fourth-order valence-electron chi connectivity index (χ4n) is 4.99. The Labute approximate surface area is 232 Å². The van der Waals surface area contributed by atoms with E-state index < -0.39 is 64.7 Å². The van der Waals surface area contributed by atoms with E-state index in [2.05, 4.69) is 10.3 Å². The normalized spacial score (nSPS) is 27.4. The zero-order chi connectivity index (χ0) is 29.2. The van der Waals surface area contributed by atoms with Crippen molar-refractivity contribution in [1.82, 2.24) is 19.9 Å². The minimum atomic E-state index is -1.64. The van der Waals surface area contributed by atoms with Crippen molar-refractivity contribution in [3.63, 3.8) is 0 Å². The zero-order valence-corrected chi connectivity index (χ0v) is 22.8. The third-order valence-electron chi connectivity index (χ3n) is 7.36. The summed E-state index contributed by atoms with van der Waals surface area (Å²) in [5.74, 6) is -4.86. The number of aliphatic hydroxyl groups is 4. The molecule has 222 valence electrons. The maximum Gasteiger partial charge on any atom is 0.238 e. The number of carbonyl (C=O) groups is 1. The van der Waals surface area contributed by atoms with Gasteiger partial charge in [-0.25, -0.2) is 17.9 Å². The Balaban J connectivity index is 1.65. The van der Waals surface area contributed by atoms with Gasteiger partial charge in [-0.05, 0) is 26.0 Å². The van der Waals surface area contributed by atoms with Crippen molar-refractivity contribution in [3.8, 4) is 11.3 Å². The van der Waals surface area contributed by atoms with E-state index >= 15 is 0 Å². The summed E-state index contributed by atoms with van der Waals surface area (Å²) in [6.07, 6.45) is -2.70. The summed E-state index contributed by atoms with van der Waals surface area (Å²) in [6.45, 7) is 4.21. The molecule has 0 saturated carbocycles. The lowest BCUT2D eigenvalue weighted by Gasteiger charge is -2.45. The van der Waals surface area contributed by atoms with Crippen LogP contribution in [-0.2, 0) is 14.3 Å². The number of hydrogen-bond donors (Lipinski definition) is 4. The Bertz CT molecular complexity index is 1160. The third-order valence-corrected chi connectivity index (χ3v) is 8.93. The topological polar surface area (TPSA) is 150 Å².